The van der Waals surface area contributed by atoms with E-state index in [-0.39, 0.29) is 0 Å². The van der Waals surface area contributed by atoms with Gasteiger partial charge >= 0.3 is 0 Å². The zero-order valence-corrected chi connectivity index (χ0v) is 14.1. The van der Waals surface area contributed by atoms with Crippen LogP contribution in [0.25, 0.3) is 0 Å². The van der Waals surface area contributed by atoms with E-state index in [0.717, 1.165) is 10.6 Å². The Morgan fingerprint density at radius 2 is 0.850 bits per heavy atom. The summed E-state index contributed by atoms with van der Waals surface area (Å²) in [6.07, 6.45) is 0. The average Bonchev–Trinajstić information content (AvgIpc) is 2.40. The molecule has 20 heavy (non-hydrogen) atoms. The highest BCUT2D eigenvalue weighted by Gasteiger charge is 2.14. The molecule has 1 N–H and O–H groups in total. The second kappa shape index (κ2) is 5.68. The van der Waals surface area contributed by atoms with Crippen LogP contribution < -0.4 is 10.6 Å². The number of aryl methyl sites for hydroxylation is 4. The highest BCUT2D eigenvalue weighted by molar-refractivity contribution is 7.67. The van der Waals surface area contributed by atoms with Crippen molar-refractivity contribution in [3.8, 4) is 0 Å². The minimum Gasteiger partial charge on any atom is -0.364 e. The van der Waals surface area contributed by atoms with E-state index in [4.69, 9.17) is 0 Å². The van der Waals surface area contributed by atoms with E-state index in [1.165, 1.54) is 33.4 Å². The minimum atomic E-state index is -1.26. The van der Waals surface area contributed by atoms with Crippen LogP contribution in [0.2, 0.25) is 0 Å². The third-order valence-corrected chi connectivity index (χ3v) is 5.81. The summed E-state index contributed by atoms with van der Waals surface area (Å²) in [5.41, 5.74) is 7.63. The molecule has 0 unspecified atom stereocenters. The van der Waals surface area contributed by atoms with Gasteiger partial charge < -0.3 is 4.89 Å². The lowest BCUT2D eigenvalue weighted by Gasteiger charge is -2.17. The molecule has 106 valence electrons. The summed E-state index contributed by atoms with van der Waals surface area (Å²) < 4.78 is 0. The highest BCUT2D eigenvalue weighted by Crippen LogP contribution is 2.31. The summed E-state index contributed by atoms with van der Waals surface area (Å²) >= 11 is 0. The van der Waals surface area contributed by atoms with Crippen LogP contribution in [0.5, 0.6) is 0 Å². The van der Waals surface area contributed by atoms with Gasteiger partial charge in [-0.1, -0.05) is 0 Å². The highest BCUT2D eigenvalue weighted by atomic mass is 31.1. The summed E-state index contributed by atoms with van der Waals surface area (Å²) in [7, 11) is -1.26. The Kier molecular flexibility index (Phi) is 4.32. The molecule has 0 radical (unpaired) electrons. The largest absolute Gasteiger partial charge is 0.364 e. The first-order valence-electron chi connectivity index (χ1n) is 6.96. The van der Waals surface area contributed by atoms with Crippen molar-refractivity contribution >= 4 is 18.8 Å². The van der Waals surface area contributed by atoms with Gasteiger partial charge in [0.2, 0.25) is 0 Å². The molecule has 2 aromatic carbocycles. The molecule has 0 aliphatic carbocycles. The second-order valence-corrected chi connectivity index (χ2v) is 7.38. The lowest BCUT2D eigenvalue weighted by atomic mass is 10.1. The maximum atomic E-state index is 10.7. The lowest BCUT2D eigenvalue weighted by Crippen LogP contribution is -2.14. The number of hydrogen-bond acceptors (Lipinski definition) is 1. The van der Waals surface area contributed by atoms with Crippen molar-refractivity contribution in [3.05, 3.63) is 57.6 Å². The maximum Gasteiger partial charge on any atom is 0.0877 e. The van der Waals surface area contributed by atoms with E-state index < -0.39 is 8.15 Å². The van der Waals surface area contributed by atoms with E-state index in [9.17, 15) is 4.89 Å². The van der Waals surface area contributed by atoms with Gasteiger partial charge in [0.05, 0.1) is 8.15 Å². The van der Waals surface area contributed by atoms with Crippen molar-refractivity contribution in [2.24, 2.45) is 0 Å². The fourth-order valence-electron chi connectivity index (χ4n) is 2.42. The van der Waals surface area contributed by atoms with Crippen molar-refractivity contribution in [3.63, 3.8) is 0 Å². The van der Waals surface area contributed by atoms with Gasteiger partial charge in [-0.3, -0.25) is 0 Å². The van der Waals surface area contributed by atoms with Gasteiger partial charge in [-0.05, 0) is 99.2 Å². The molecule has 1 nitrogen and oxygen atoms in total. The molecule has 0 amide bonds. The van der Waals surface area contributed by atoms with Crippen LogP contribution in [0.4, 0.5) is 0 Å². The topological polar surface area (TPSA) is 20.2 Å². The summed E-state index contributed by atoms with van der Waals surface area (Å²) in [6.45, 7) is 12.7. The molecule has 2 rings (SSSR count). The van der Waals surface area contributed by atoms with E-state index in [2.05, 4.69) is 65.8 Å². The molecule has 2 heteroatoms. The Labute approximate surface area is 123 Å². The molecule has 0 saturated heterocycles. The number of hydrogen-bond donors (Lipinski definition) is 1. The van der Waals surface area contributed by atoms with Crippen LogP contribution in [0.3, 0.4) is 0 Å². The molecule has 0 saturated carbocycles. The SMILES string of the molecule is Cc1cc(P(O)c2cc(C)c(C)c(C)c2)cc(C)c1C. The molecular formula is C18H23OP. The van der Waals surface area contributed by atoms with Gasteiger partial charge in [0.25, 0.3) is 0 Å². The summed E-state index contributed by atoms with van der Waals surface area (Å²) in [5, 5.41) is 2.09. The molecular weight excluding hydrogens is 263 g/mol. The standard InChI is InChI=1S/C18H23OP/c1-11-7-17(8-12(2)15(11)5)20(19)18-9-13(3)16(6)14(4)10-18/h7-10,19H,1-6H3. The Bertz CT molecular complexity index is 555. The molecule has 2 aromatic rings. The quantitative estimate of drug-likeness (QED) is 0.831. The van der Waals surface area contributed by atoms with Crippen LogP contribution >= 0.6 is 8.15 Å². The van der Waals surface area contributed by atoms with Crippen molar-refractivity contribution < 1.29 is 4.89 Å². The van der Waals surface area contributed by atoms with Crippen LogP contribution in [0.1, 0.15) is 33.4 Å². The first kappa shape index (κ1) is 15.2. The monoisotopic (exact) mass is 286 g/mol. The van der Waals surface area contributed by atoms with Gasteiger partial charge in [-0.25, -0.2) is 0 Å². The van der Waals surface area contributed by atoms with E-state index >= 15 is 0 Å². The van der Waals surface area contributed by atoms with E-state index in [1.807, 2.05) is 0 Å². The van der Waals surface area contributed by atoms with Gasteiger partial charge in [0, 0.05) is 10.6 Å². The van der Waals surface area contributed by atoms with E-state index in [0.29, 0.717) is 0 Å². The second-order valence-electron chi connectivity index (χ2n) is 5.72. The zero-order valence-electron chi connectivity index (χ0n) is 13.2. The fourth-order valence-corrected chi connectivity index (χ4v) is 3.98. The van der Waals surface area contributed by atoms with Gasteiger partial charge in [0.15, 0.2) is 0 Å². The Balaban J connectivity index is 2.49. The predicted molar refractivity (Wildman–Crippen MR) is 89.7 cm³/mol. The molecule has 0 bridgehead atoms. The van der Waals surface area contributed by atoms with Gasteiger partial charge in [0.1, 0.15) is 0 Å². The normalized spacial score (nSPS) is 11.2. The number of rotatable bonds is 2. The summed E-state index contributed by atoms with van der Waals surface area (Å²) in [5.74, 6) is 0. The fraction of sp³-hybridized carbons (Fsp3) is 0.333. The minimum absolute atomic E-state index is 1.04. The Morgan fingerprint density at radius 3 is 1.10 bits per heavy atom. The third-order valence-electron chi connectivity index (χ3n) is 4.31. The first-order chi connectivity index (χ1) is 9.31. The average molecular weight is 286 g/mol. The summed E-state index contributed by atoms with van der Waals surface area (Å²) in [4.78, 5) is 10.7. The molecule has 0 fully saturated rings. The number of benzene rings is 2. The van der Waals surface area contributed by atoms with Crippen molar-refractivity contribution in [1.82, 2.24) is 0 Å². The molecule has 0 heterocycles. The smallest absolute Gasteiger partial charge is 0.0877 e. The molecule has 0 atom stereocenters. The van der Waals surface area contributed by atoms with Crippen molar-refractivity contribution in [2.75, 3.05) is 0 Å². The molecule has 0 aromatic heterocycles. The van der Waals surface area contributed by atoms with Gasteiger partial charge in [-0.15, -0.1) is 0 Å². The summed E-state index contributed by atoms with van der Waals surface area (Å²) in [6, 6.07) is 8.49. The molecule has 0 aliphatic rings. The van der Waals surface area contributed by atoms with Gasteiger partial charge in [-0.2, -0.15) is 0 Å². The van der Waals surface area contributed by atoms with Crippen molar-refractivity contribution in [1.29, 1.82) is 0 Å². The van der Waals surface area contributed by atoms with Crippen LogP contribution in [0, 0.1) is 41.5 Å². The molecule has 0 aliphatic heterocycles. The zero-order chi connectivity index (χ0) is 15.0. The predicted octanol–water partition coefficient (Wildman–Crippen LogP) is 3.88. The maximum absolute atomic E-state index is 10.7. The van der Waals surface area contributed by atoms with Crippen LogP contribution in [0.15, 0.2) is 24.3 Å². The Morgan fingerprint density at radius 1 is 0.600 bits per heavy atom. The lowest BCUT2D eigenvalue weighted by molar-refractivity contribution is 0.644. The molecule has 0 spiro atoms. The Hall–Kier alpha value is -1.17. The van der Waals surface area contributed by atoms with E-state index in [1.54, 1.807) is 0 Å². The first-order valence-corrected chi connectivity index (χ1v) is 8.25. The van der Waals surface area contributed by atoms with Crippen LogP contribution in [-0.4, -0.2) is 4.89 Å². The third kappa shape index (κ3) is 2.80. The van der Waals surface area contributed by atoms with Crippen LogP contribution in [-0.2, 0) is 0 Å². The van der Waals surface area contributed by atoms with Crippen molar-refractivity contribution in [2.45, 2.75) is 41.5 Å².